The van der Waals surface area contributed by atoms with Crippen molar-refractivity contribution in [2.24, 2.45) is 0 Å². The summed E-state index contributed by atoms with van der Waals surface area (Å²) in [7, 11) is 0. The zero-order valence-corrected chi connectivity index (χ0v) is 7.38. The molecule has 0 aliphatic heterocycles. The molecule has 0 fully saturated rings. The SMILES string of the molecule is O=C/C=C/c1cc(F)ccc1C(F)(F)F. The van der Waals surface area contributed by atoms with Crippen molar-refractivity contribution < 1.29 is 22.4 Å². The summed E-state index contributed by atoms with van der Waals surface area (Å²) in [6.07, 6.45) is -2.44. The average molecular weight is 218 g/mol. The summed E-state index contributed by atoms with van der Waals surface area (Å²) >= 11 is 0. The highest BCUT2D eigenvalue weighted by molar-refractivity contribution is 5.74. The molecule has 0 N–H and O–H groups in total. The molecule has 0 aliphatic rings. The molecule has 0 amide bonds. The van der Waals surface area contributed by atoms with E-state index in [-0.39, 0.29) is 5.56 Å². The maximum absolute atomic E-state index is 12.7. The molecular weight excluding hydrogens is 212 g/mol. The molecular formula is C10H6F4O. The van der Waals surface area contributed by atoms with E-state index in [1.807, 2.05) is 0 Å². The van der Waals surface area contributed by atoms with Gasteiger partial charge in [0.05, 0.1) is 5.56 Å². The highest BCUT2D eigenvalue weighted by Crippen LogP contribution is 2.32. The smallest absolute Gasteiger partial charge is 0.299 e. The van der Waals surface area contributed by atoms with Gasteiger partial charge in [-0.2, -0.15) is 13.2 Å². The Labute approximate surface area is 83.0 Å². The number of rotatable bonds is 2. The molecule has 0 saturated carbocycles. The number of aldehydes is 1. The summed E-state index contributed by atoms with van der Waals surface area (Å²) in [5, 5.41) is 0. The molecule has 0 radical (unpaired) electrons. The van der Waals surface area contributed by atoms with Crippen LogP contribution in [0.4, 0.5) is 17.6 Å². The number of benzene rings is 1. The predicted octanol–water partition coefficient (Wildman–Crippen LogP) is 3.06. The van der Waals surface area contributed by atoms with Gasteiger partial charge in [-0.3, -0.25) is 4.79 Å². The molecule has 0 saturated heterocycles. The summed E-state index contributed by atoms with van der Waals surface area (Å²) < 4.78 is 49.8. The standard InChI is InChI=1S/C10H6F4O/c11-8-3-4-9(10(12,13)14)7(6-8)2-1-5-15/h1-6H/b2-1+. The minimum Gasteiger partial charge on any atom is -0.299 e. The van der Waals surface area contributed by atoms with Crippen LogP contribution in [0.25, 0.3) is 6.08 Å². The molecule has 5 heteroatoms. The van der Waals surface area contributed by atoms with Crippen molar-refractivity contribution in [1.82, 2.24) is 0 Å². The van der Waals surface area contributed by atoms with Gasteiger partial charge in [-0.05, 0) is 29.8 Å². The molecule has 0 aliphatic carbocycles. The second-order valence-electron chi connectivity index (χ2n) is 2.72. The van der Waals surface area contributed by atoms with Gasteiger partial charge in [0.2, 0.25) is 0 Å². The minimum atomic E-state index is -4.56. The molecule has 1 aromatic rings. The maximum Gasteiger partial charge on any atom is 0.416 e. The van der Waals surface area contributed by atoms with E-state index in [4.69, 9.17) is 0 Å². The number of carbonyl (C=O) groups is 1. The van der Waals surface area contributed by atoms with Gasteiger partial charge in [-0.1, -0.05) is 6.08 Å². The van der Waals surface area contributed by atoms with Crippen LogP contribution in [0.3, 0.4) is 0 Å². The first-order valence-corrected chi connectivity index (χ1v) is 3.94. The van der Waals surface area contributed by atoms with Gasteiger partial charge in [-0.15, -0.1) is 0 Å². The van der Waals surface area contributed by atoms with Crippen molar-refractivity contribution in [3.8, 4) is 0 Å². The lowest BCUT2D eigenvalue weighted by Gasteiger charge is -2.09. The first-order chi connectivity index (χ1) is 6.95. The summed E-state index contributed by atoms with van der Waals surface area (Å²) in [5.74, 6) is -0.784. The van der Waals surface area contributed by atoms with Gasteiger partial charge in [0.1, 0.15) is 12.1 Å². The van der Waals surface area contributed by atoms with E-state index in [9.17, 15) is 22.4 Å². The number of halogens is 4. The van der Waals surface area contributed by atoms with E-state index >= 15 is 0 Å². The molecule has 1 nitrogen and oxygen atoms in total. The lowest BCUT2D eigenvalue weighted by atomic mass is 10.1. The van der Waals surface area contributed by atoms with Crippen molar-refractivity contribution in [2.45, 2.75) is 6.18 Å². The Morgan fingerprint density at radius 2 is 1.87 bits per heavy atom. The first-order valence-electron chi connectivity index (χ1n) is 3.94. The molecule has 0 spiro atoms. The van der Waals surface area contributed by atoms with Crippen LogP contribution in [0.15, 0.2) is 24.3 Å². The van der Waals surface area contributed by atoms with Gasteiger partial charge in [0.15, 0.2) is 0 Å². The molecule has 0 atom stereocenters. The van der Waals surface area contributed by atoms with E-state index in [2.05, 4.69) is 0 Å². The van der Waals surface area contributed by atoms with Crippen LogP contribution < -0.4 is 0 Å². The van der Waals surface area contributed by atoms with Crippen LogP contribution in [-0.4, -0.2) is 6.29 Å². The highest BCUT2D eigenvalue weighted by Gasteiger charge is 2.32. The molecule has 0 bridgehead atoms. The quantitative estimate of drug-likeness (QED) is 0.423. The number of alkyl halides is 3. The molecule has 15 heavy (non-hydrogen) atoms. The Morgan fingerprint density at radius 3 is 2.40 bits per heavy atom. The topological polar surface area (TPSA) is 17.1 Å². The van der Waals surface area contributed by atoms with Crippen LogP contribution in [0.1, 0.15) is 11.1 Å². The zero-order chi connectivity index (χ0) is 11.5. The Balaban J connectivity index is 3.26. The second kappa shape index (κ2) is 4.25. The van der Waals surface area contributed by atoms with E-state index in [1.54, 1.807) is 0 Å². The third-order valence-electron chi connectivity index (χ3n) is 1.67. The highest BCUT2D eigenvalue weighted by atomic mass is 19.4. The predicted molar refractivity (Wildman–Crippen MR) is 46.5 cm³/mol. The number of hydrogen-bond acceptors (Lipinski definition) is 1. The summed E-state index contributed by atoms with van der Waals surface area (Å²) in [6.45, 7) is 0. The Kier molecular flexibility index (Phi) is 3.24. The van der Waals surface area contributed by atoms with Crippen LogP contribution >= 0.6 is 0 Å². The van der Waals surface area contributed by atoms with Gasteiger partial charge in [0.25, 0.3) is 0 Å². The Hall–Kier alpha value is -1.65. The third kappa shape index (κ3) is 2.90. The fraction of sp³-hybridized carbons (Fsp3) is 0.100. The second-order valence-corrected chi connectivity index (χ2v) is 2.72. The van der Waals surface area contributed by atoms with Crippen LogP contribution in [0.2, 0.25) is 0 Å². The van der Waals surface area contributed by atoms with Gasteiger partial charge >= 0.3 is 6.18 Å². The lowest BCUT2D eigenvalue weighted by molar-refractivity contribution is -0.137. The Morgan fingerprint density at radius 1 is 1.20 bits per heavy atom. The maximum atomic E-state index is 12.7. The normalized spacial score (nSPS) is 12.0. The third-order valence-corrected chi connectivity index (χ3v) is 1.67. The van der Waals surface area contributed by atoms with Gasteiger partial charge in [0, 0.05) is 0 Å². The molecule has 80 valence electrons. The Bertz CT molecular complexity index is 393. The number of allylic oxidation sites excluding steroid dienone is 1. The number of hydrogen-bond donors (Lipinski definition) is 0. The summed E-state index contributed by atoms with van der Waals surface area (Å²) in [4.78, 5) is 9.96. The molecule has 0 unspecified atom stereocenters. The van der Waals surface area contributed by atoms with E-state index in [0.717, 1.165) is 24.3 Å². The minimum absolute atomic E-state index is 0.324. The molecule has 1 rings (SSSR count). The van der Waals surface area contributed by atoms with Crippen LogP contribution in [0.5, 0.6) is 0 Å². The monoisotopic (exact) mass is 218 g/mol. The molecule has 0 heterocycles. The largest absolute Gasteiger partial charge is 0.416 e. The fourth-order valence-corrected chi connectivity index (χ4v) is 1.07. The van der Waals surface area contributed by atoms with Crippen molar-refractivity contribution in [2.75, 3.05) is 0 Å². The van der Waals surface area contributed by atoms with E-state index < -0.39 is 17.6 Å². The fourth-order valence-electron chi connectivity index (χ4n) is 1.07. The zero-order valence-electron chi connectivity index (χ0n) is 7.38. The van der Waals surface area contributed by atoms with Crippen molar-refractivity contribution >= 4 is 12.4 Å². The molecule has 1 aromatic carbocycles. The summed E-state index contributed by atoms with van der Waals surface area (Å²) in [5.41, 5.74) is -1.34. The first kappa shape index (κ1) is 11.4. The number of carbonyl (C=O) groups excluding carboxylic acids is 1. The van der Waals surface area contributed by atoms with E-state index in [0.29, 0.717) is 12.4 Å². The van der Waals surface area contributed by atoms with Crippen LogP contribution in [-0.2, 0) is 11.0 Å². The average Bonchev–Trinajstić information content (AvgIpc) is 2.12. The van der Waals surface area contributed by atoms with Crippen molar-refractivity contribution in [1.29, 1.82) is 0 Å². The van der Waals surface area contributed by atoms with Crippen molar-refractivity contribution in [3.05, 3.63) is 41.2 Å². The van der Waals surface area contributed by atoms with Gasteiger partial charge < -0.3 is 0 Å². The summed E-state index contributed by atoms with van der Waals surface area (Å²) in [6, 6.07) is 2.09. The van der Waals surface area contributed by atoms with Gasteiger partial charge in [-0.25, -0.2) is 4.39 Å². The van der Waals surface area contributed by atoms with E-state index in [1.165, 1.54) is 0 Å². The van der Waals surface area contributed by atoms with Crippen LogP contribution in [0, 0.1) is 5.82 Å². The molecule has 0 aromatic heterocycles. The lowest BCUT2D eigenvalue weighted by Crippen LogP contribution is -2.07. The van der Waals surface area contributed by atoms with Crippen molar-refractivity contribution in [3.63, 3.8) is 0 Å².